The fraction of sp³-hybridized carbons (Fsp3) is 0.478. The van der Waals surface area contributed by atoms with Gasteiger partial charge in [0.15, 0.2) is 5.69 Å². The zero-order chi connectivity index (χ0) is 24.9. The maximum atomic E-state index is 13.6. The van der Waals surface area contributed by atoms with Gasteiger partial charge in [-0.15, -0.1) is 0 Å². The number of carboxylic acid groups (broad SMARTS) is 1. The minimum atomic E-state index is -4.85. The Bertz CT molecular complexity index is 1280. The van der Waals surface area contributed by atoms with Crippen LogP contribution in [0.15, 0.2) is 28.8 Å². The molecule has 1 saturated carbocycles. The topological polar surface area (TPSA) is 113 Å². The SMILES string of the molecule is CC1CCCN(c2nc(C(F)(F)F)c(C(=O)Nc3ccc4c(cnn4CC4CC4C(=O)O)c3)o2)C1. The number of fused-ring (bicyclic) bond motifs is 1. The normalized spacial score (nSPS) is 22.4. The van der Waals surface area contributed by atoms with Gasteiger partial charge in [-0.25, -0.2) is 0 Å². The Morgan fingerprint density at radius 1 is 1.31 bits per heavy atom. The van der Waals surface area contributed by atoms with E-state index in [9.17, 15) is 22.8 Å². The number of nitrogens with one attached hydrogen (secondary N) is 1. The van der Waals surface area contributed by atoms with E-state index < -0.39 is 29.5 Å². The van der Waals surface area contributed by atoms with E-state index in [-0.39, 0.29) is 29.5 Å². The first-order valence-corrected chi connectivity index (χ1v) is 11.4. The fourth-order valence-corrected chi connectivity index (χ4v) is 4.63. The molecule has 3 unspecified atom stereocenters. The van der Waals surface area contributed by atoms with Gasteiger partial charge in [-0.1, -0.05) is 6.92 Å². The van der Waals surface area contributed by atoms with Crippen molar-refractivity contribution in [2.75, 3.05) is 23.3 Å². The van der Waals surface area contributed by atoms with Crippen molar-refractivity contribution in [3.8, 4) is 0 Å². The van der Waals surface area contributed by atoms with Crippen LogP contribution in [0.4, 0.5) is 24.9 Å². The van der Waals surface area contributed by atoms with Gasteiger partial charge in [-0.05, 0) is 49.3 Å². The highest BCUT2D eigenvalue weighted by Gasteiger charge is 2.44. The number of halogens is 3. The third kappa shape index (κ3) is 4.69. The van der Waals surface area contributed by atoms with Gasteiger partial charge in [-0.2, -0.15) is 23.3 Å². The molecule has 35 heavy (non-hydrogen) atoms. The Kier molecular flexibility index (Phi) is 5.68. The second-order valence-corrected chi connectivity index (χ2v) is 9.36. The van der Waals surface area contributed by atoms with E-state index in [2.05, 4.69) is 15.4 Å². The van der Waals surface area contributed by atoms with Crippen LogP contribution in [-0.2, 0) is 17.5 Å². The quantitative estimate of drug-likeness (QED) is 0.530. The first-order chi connectivity index (χ1) is 16.6. The Balaban J connectivity index is 1.35. The summed E-state index contributed by atoms with van der Waals surface area (Å²) < 4.78 is 47.9. The molecule has 3 atom stereocenters. The van der Waals surface area contributed by atoms with Gasteiger partial charge < -0.3 is 19.7 Å². The summed E-state index contributed by atoms with van der Waals surface area (Å²) in [7, 11) is 0. The lowest BCUT2D eigenvalue weighted by Gasteiger charge is -2.29. The molecule has 3 heterocycles. The fourth-order valence-electron chi connectivity index (χ4n) is 4.63. The van der Waals surface area contributed by atoms with Gasteiger partial charge in [-0.3, -0.25) is 14.3 Å². The van der Waals surface area contributed by atoms with Crippen molar-refractivity contribution in [2.45, 2.75) is 38.9 Å². The number of amides is 1. The number of carbonyl (C=O) groups is 2. The van der Waals surface area contributed by atoms with Crippen LogP contribution in [0.1, 0.15) is 42.4 Å². The highest BCUT2D eigenvalue weighted by Crippen LogP contribution is 2.40. The monoisotopic (exact) mass is 491 g/mol. The molecule has 1 aliphatic carbocycles. The van der Waals surface area contributed by atoms with E-state index in [1.165, 1.54) is 0 Å². The number of anilines is 2. The average Bonchev–Trinajstić information content (AvgIpc) is 3.23. The molecule has 2 aliphatic rings. The predicted molar refractivity (Wildman–Crippen MR) is 119 cm³/mol. The number of piperidine rings is 1. The molecule has 5 rings (SSSR count). The van der Waals surface area contributed by atoms with Crippen molar-refractivity contribution < 1.29 is 32.3 Å². The molecule has 0 spiro atoms. The second-order valence-electron chi connectivity index (χ2n) is 9.36. The number of aliphatic carboxylic acids is 1. The lowest BCUT2D eigenvalue weighted by atomic mass is 10.0. The predicted octanol–water partition coefficient (Wildman–Crippen LogP) is 4.25. The average molecular weight is 491 g/mol. The smallest absolute Gasteiger partial charge is 0.437 e. The third-order valence-corrected chi connectivity index (χ3v) is 6.57. The van der Waals surface area contributed by atoms with Gasteiger partial charge in [0.2, 0.25) is 5.76 Å². The van der Waals surface area contributed by atoms with E-state index >= 15 is 0 Å². The standard InChI is InChI=1S/C23H24F3N5O4/c1-12-3-2-6-30(10-12)22-29-19(23(24,25)26)18(35-22)20(32)28-15-4-5-17-13(7-15)9-27-31(17)11-14-8-16(14)21(33)34/h4-5,7,9,12,14,16H,2-3,6,8,10-11H2,1H3,(H,28,32)(H,33,34). The molecule has 12 heteroatoms. The number of aromatic nitrogens is 3. The summed E-state index contributed by atoms with van der Waals surface area (Å²) in [4.78, 5) is 29.1. The minimum absolute atomic E-state index is 0.0132. The highest BCUT2D eigenvalue weighted by atomic mass is 19.4. The Labute approximate surface area is 197 Å². The molecule has 0 radical (unpaired) electrons. The number of alkyl halides is 3. The molecule has 1 amide bonds. The van der Waals surface area contributed by atoms with Crippen LogP contribution in [-0.4, -0.2) is 44.8 Å². The maximum Gasteiger partial charge on any atom is 0.437 e. The summed E-state index contributed by atoms with van der Waals surface area (Å²) in [6.45, 7) is 3.48. The summed E-state index contributed by atoms with van der Waals surface area (Å²) in [5.41, 5.74) is -0.347. The van der Waals surface area contributed by atoms with Gasteiger partial charge in [0, 0.05) is 30.7 Å². The Morgan fingerprint density at radius 2 is 2.11 bits per heavy atom. The van der Waals surface area contributed by atoms with Crippen LogP contribution in [0.3, 0.4) is 0 Å². The van der Waals surface area contributed by atoms with E-state index in [0.29, 0.717) is 31.4 Å². The van der Waals surface area contributed by atoms with Gasteiger partial charge in [0.05, 0.1) is 17.6 Å². The largest absolute Gasteiger partial charge is 0.481 e. The van der Waals surface area contributed by atoms with Crippen molar-refractivity contribution in [1.82, 2.24) is 14.8 Å². The van der Waals surface area contributed by atoms with E-state index in [1.807, 2.05) is 6.92 Å². The Morgan fingerprint density at radius 3 is 2.80 bits per heavy atom. The zero-order valence-electron chi connectivity index (χ0n) is 18.9. The van der Waals surface area contributed by atoms with Crippen LogP contribution in [0.5, 0.6) is 0 Å². The lowest BCUT2D eigenvalue weighted by molar-refractivity contribution is -0.141. The summed E-state index contributed by atoms with van der Waals surface area (Å²) in [6.07, 6.45) is -0.915. The van der Waals surface area contributed by atoms with Crippen LogP contribution >= 0.6 is 0 Å². The van der Waals surface area contributed by atoms with E-state index in [0.717, 1.165) is 18.4 Å². The van der Waals surface area contributed by atoms with Crippen molar-refractivity contribution >= 4 is 34.5 Å². The summed E-state index contributed by atoms with van der Waals surface area (Å²) in [5, 5.41) is 16.5. The molecule has 2 fully saturated rings. The highest BCUT2D eigenvalue weighted by molar-refractivity contribution is 6.04. The first-order valence-electron chi connectivity index (χ1n) is 11.4. The Hall–Kier alpha value is -3.57. The first kappa shape index (κ1) is 23.2. The molecule has 3 aromatic rings. The number of hydrogen-bond donors (Lipinski definition) is 2. The summed E-state index contributed by atoms with van der Waals surface area (Å²) >= 11 is 0. The number of carboxylic acids is 1. The second kappa shape index (κ2) is 8.58. The van der Waals surface area contributed by atoms with Crippen molar-refractivity contribution in [2.24, 2.45) is 17.8 Å². The number of oxazole rings is 1. The van der Waals surface area contributed by atoms with Gasteiger partial charge in [0.1, 0.15) is 0 Å². The lowest BCUT2D eigenvalue weighted by Crippen LogP contribution is -2.34. The number of rotatable bonds is 6. The zero-order valence-corrected chi connectivity index (χ0v) is 18.9. The van der Waals surface area contributed by atoms with E-state index in [1.54, 1.807) is 34.0 Å². The molecule has 1 saturated heterocycles. The van der Waals surface area contributed by atoms with Gasteiger partial charge in [0.25, 0.3) is 11.9 Å². The van der Waals surface area contributed by atoms with Crippen molar-refractivity contribution in [3.63, 3.8) is 0 Å². The summed E-state index contributed by atoms with van der Waals surface area (Å²) in [5.74, 6) is -2.81. The molecule has 1 aliphatic heterocycles. The van der Waals surface area contributed by atoms with Crippen LogP contribution in [0.2, 0.25) is 0 Å². The number of carbonyl (C=O) groups excluding carboxylic acids is 1. The minimum Gasteiger partial charge on any atom is -0.481 e. The van der Waals surface area contributed by atoms with Gasteiger partial charge >= 0.3 is 12.1 Å². The molecule has 186 valence electrons. The summed E-state index contributed by atoms with van der Waals surface area (Å²) in [6, 6.07) is 4.62. The van der Waals surface area contributed by atoms with E-state index in [4.69, 9.17) is 9.52 Å². The molecular formula is C23H24F3N5O4. The molecule has 9 nitrogen and oxygen atoms in total. The molecule has 1 aromatic carbocycles. The van der Waals surface area contributed by atoms with Crippen LogP contribution in [0.25, 0.3) is 10.9 Å². The molecular weight excluding hydrogens is 467 g/mol. The molecule has 2 aromatic heterocycles. The van der Waals surface area contributed by atoms with Crippen LogP contribution < -0.4 is 10.2 Å². The number of nitrogens with zero attached hydrogens (tertiary/aromatic N) is 4. The van der Waals surface area contributed by atoms with Crippen molar-refractivity contribution in [1.29, 1.82) is 0 Å². The third-order valence-electron chi connectivity index (χ3n) is 6.57. The van der Waals surface area contributed by atoms with Crippen molar-refractivity contribution in [3.05, 3.63) is 35.9 Å². The molecule has 0 bridgehead atoms. The van der Waals surface area contributed by atoms with Crippen LogP contribution in [0, 0.1) is 17.8 Å². The maximum absolute atomic E-state index is 13.6. The molecule has 2 N–H and O–H groups in total. The number of benzene rings is 1. The number of hydrogen-bond acceptors (Lipinski definition) is 6.